The lowest BCUT2D eigenvalue weighted by Gasteiger charge is -2.16. The Labute approximate surface area is 167 Å². The minimum Gasteiger partial charge on any atom is -0.369 e. The van der Waals surface area contributed by atoms with Crippen molar-refractivity contribution in [3.8, 4) is 17.1 Å². The molecule has 3 rings (SSSR count). The topological polar surface area (TPSA) is 73.8 Å². The molecule has 0 aliphatic rings. The fourth-order valence-corrected chi connectivity index (χ4v) is 3.95. The van der Waals surface area contributed by atoms with E-state index in [2.05, 4.69) is 28.4 Å². The number of primary amides is 1. The number of aromatic nitrogens is 3. The van der Waals surface area contributed by atoms with Crippen molar-refractivity contribution < 1.29 is 4.79 Å². The van der Waals surface area contributed by atoms with Crippen molar-refractivity contribution >= 4 is 29.3 Å². The van der Waals surface area contributed by atoms with Gasteiger partial charge in [-0.05, 0) is 49.6 Å². The third-order valence-electron chi connectivity index (χ3n) is 4.29. The minimum absolute atomic E-state index is 0.364. The molecule has 140 valence electrons. The molecule has 0 saturated heterocycles. The molecule has 2 N–H and O–H groups in total. The first-order valence-electron chi connectivity index (χ1n) is 8.66. The summed E-state index contributed by atoms with van der Waals surface area (Å²) in [5, 5.41) is 9.59. The van der Waals surface area contributed by atoms with Gasteiger partial charge in [0.1, 0.15) is 0 Å². The molecule has 1 aromatic heterocycles. The Bertz CT molecular complexity index is 986. The smallest absolute Gasteiger partial charge is 0.231 e. The number of amides is 1. The Morgan fingerprint density at radius 2 is 1.96 bits per heavy atom. The molecule has 3 aromatic rings. The van der Waals surface area contributed by atoms with Gasteiger partial charge < -0.3 is 5.73 Å². The molecule has 0 aliphatic carbocycles. The second kappa shape index (κ2) is 8.15. The van der Waals surface area contributed by atoms with E-state index in [4.69, 9.17) is 17.3 Å². The van der Waals surface area contributed by atoms with Gasteiger partial charge in [0.15, 0.2) is 11.0 Å². The number of thioether (sulfide) groups is 1. The third-order valence-corrected chi connectivity index (χ3v) is 5.94. The summed E-state index contributed by atoms with van der Waals surface area (Å²) in [5.41, 5.74) is 9.47. The summed E-state index contributed by atoms with van der Waals surface area (Å²) in [6.07, 6.45) is 0.612. The van der Waals surface area contributed by atoms with Gasteiger partial charge in [-0.2, -0.15) is 0 Å². The summed E-state index contributed by atoms with van der Waals surface area (Å²) in [6, 6.07) is 13.7. The Morgan fingerprint density at radius 1 is 1.22 bits per heavy atom. The van der Waals surface area contributed by atoms with Gasteiger partial charge in [-0.1, -0.05) is 54.6 Å². The van der Waals surface area contributed by atoms with Crippen LogP contribution in [0.3, 0.4) is 0 Å². The van der Waals surface area contributed by atoms with E-state index in [1.54, 1.807) is 0 Å². The first-order valence-corrected chi connectivity index (χ1v) is 9.92. The maximum absolute atomic E-state index is 11.8. The van der Waals surface area contributed by atoms with Gasteiger partial charge in [0.2, 0.25) is 5.91 Å². The van der Waals surface area contributed by atoms with E-state index in [0.717, 1.165) is 22.4 Å². The molecule has 5 nitrogen and oxygen atoms in total. The fraction of sp³-hybridized carbons (Fsp3) is 0.250. The van der Waals surface area contributed by atoms with Crippen molar-refractivity contribution in [1.82, 2.24) is 14.8 Å². The SMILES string of the molecule is CCC(Sc1nnc(-c2ccccc2Cl)n1-c1cc(C)ccc1C)C(N)=O. The molecule has 1 heterocycles. The normalized spacial score (nSPS) is 12.1. The number of carbonyl (C=O) groups is 1. The second-order valence-corrected chi connectivity index (χ2v) is 7.91. The molecule has 1 amide bonds. The molecule has 0 radical (unpaired) electrons. The first kappa shape index (κ1) is 19.5. The number of halogens is 1. The molecule has 27 heavy (non-hydrogen) atoms. The molecule has 0 bridgehead atoms. The number of carbonyl (C=O) groups excluding carboxylic acids is 1. The molecular formula is C20H21ClN4OS. The zero-order chi connectivity index (χ0) is 19.6. The molecule has 0 saturated carbocycles. The van der Waals surface area contributed by atoms with E-state index in [1.165, 1.54) is 11.8 Å². The highest BCUT2D eigenvalue weighted by Crippen LogP contribution is 2.34. The zero-order valence-corrected chi connectivity index (χ0v) is 17.0. The summed E-state index contributed by atoms with van der Waals surface area (Å²) in [7, 11) is 0. The number of hydrogen-bond donors (Lipinski definition) is 1. The van der Waals surface area contributed by atoms with Crippen LogP contribution in [0.2, 0.25) is 5.02 Å². The highest BCUT2D eigenvalue weighted by atomic mass is 35.5. The number of nitrogens with two attached hydrogens (primary N) is 1. The third kappa shape index (κ3) is 4.01. The highest BCUT2D eigenvalue weighted by Gasteiger charge is 2.23. The second-order valence-electron chi connectivity index (χ2n) is 6.33. The predicted octanol–water partition coefficient (Wildman–Crippen LogP) is 4.56. The largest absolute Gasteiger partial charge is 0.369 e. The number of hydrogen-bond acceptors (Lipinski definition) is 4. The van der Waals surface area contributed by atoms with Gasteiger partial charge in [0.25, 0.3) is 0 Å². The van der Waals surface area contributed by atoms with E-state index >= 15 is 0 Å². The van der Waals surface area contributed by atoms with Crippen LogP contribution in [0.5, 0.6) is 0 Å². The van der Waals surface area contributed by atoms with E-state index < -0.39 is 0 Å². The van der Waals surface area contributed by atoms with Gasteiger partial charge >= 0.3 is 0 Å². The Balaban J connectivity index is 2.23. The van der Waals surface area contributed by atoms with Crippen molar-refractivity contribution in [2.45, 2.75) is 37.6 Å². The quantitative estimate of drug-likeness (QED) is 0.615. The van der Waals surface area contributed by atoms with E-state index in [0.29, 0.717) is 22.4 Å². The van der Waals surface area contributed by atoms with Crippen LogP contribution in [-0.2, 0) is 4.79 Å². The first-order chi connectivity index (χ1) is 12.9. The van der Waals surface area contributed by atoms with Crippen molar-refractivity contribution in [1.29, 1.82) is 0 Å². The average molecular weight is 401 g/mol. The summed E-state index contributed by atoms with van der Waals surface area (Å²) in [6.45, 7) is 5.99. The molecule has 7 heteroatoms. The van der Waals surface area contributed by atoms with Gasteiger partial charge in [0.05, 0.1) is 16.0 Å². The van der Waals surface area contributed by atoms with Crippen molar-refractivity contribution in [3.05, 3.63) is 58.6 Å². The van der Waals surface area contributed by atoms with Crippen LogP contribution >= 0.6 is 23.4 Å². The highest BCUT2D eigenvalue weighted by molar-refractivity contribution is 8.00. The zero-order valence-electron chi connectivity index (χ0n) is 15.4. The summed E-state index contributed by atoms with van der Waals surface area (Å²) < 4.78 is 1.96. The van der Waals surface area contributed by atoms with Gasteiger partial charge in [0, 0.05) is 5.56 Å². The van der Waals surface area contributed by atoms with Gasteiger partial charge in [-0.25, -0.2) is 0 Å². The van der Waals surface area contributed by atoms with E-state index in [1.807, 2.05) is 49.6 Å². The van der Waals surface area contributed by atoms with Crippen LogP contribution in [0, 0.1) is 13.8 Å². The van der Waals surface area contributed by atoms with Gasteiger partial charge in [-0.3, -0.25) is 9.36 Å². The molecule has 1 unspecified atom stereocenters. The number of aryl methyl sites for hydroxylation is 2. The Kier molecular flexibility index (Phi) is 5.87. The Hall–Kier alpha value is -2.31. The number of benzene rings is 2. The molecular weight excluding hydrogens is 380 g/mol. The summed E-state index contributed by atoms with van der Waals surface area (Å²) >= 11 is 7.75. The van der Waals surface area contributed by atoms with Crippen LogP contribution in [-0.4, -0.2) is 25.9 Å². The van der Waals surface area contributed by atoms with Crippen LogP contribution < -0.4 is 5.73 Å². The van der Waals surface area contributed by atoms with Crippen molar-refractivity contribution in [2.24, 2.45) is 5.73 Å². The number of nitrogens with zero attached hydrogens (tertiary/aromatic N) is 3. The summed E-state index contributed by atoms with van der Waals surface area (Å²) in [4.78, 5) is 11.8. The monoisotopic (exact) mass is 400 g/mol. The minimum atomic E-state index is -0.378. The maximum atomic E-state index is 11.8. The van der Waals surface area contributed by atoms with Crippen molar-refractivity contribution in [3.63, 3.8) is 0 Å². The Morgan fingerprint density at radius 3 is 2.63 bits per heavy atom. The van der Waals surface area contributed by atoms with Gasteiger partial charge in [-0.15, -0.1) is 10.2 Å². The lowest BCUT2D eigenvalue weighted by Crippen LogP contribution is -2.25. The predicted molar refractivity (Wildman–Crippen MR) is 110 cm³/mol. The fourth-order valence-electron chi connectivity index (χ4n) is 2.81. The maximum Gasteiger partial charge on any atom is 0.231 e. The van der Waals surface area contributed by atoms with Crippen LogP contribution in [0.25, 0.3) is 17.1 Å². The molecule has 2 aromatic carbocycles. The lowest BCUT2D eigenvalue weighted by molar-refractivity contribution is -0.117. The lowest BCUT2D eigenvalue weighted by atomic mass is 10.1. The van der Waals surface area contributed by atoms with Crippen LogP contribution in [0.4, 0.5) is 0 Å². The van der Waals surface area contributed by atoms with Crippen LogP contribution in [0.15, 0.2) is 47.6 Å². The molecule has 0 aliphatic heterocycles. The molecule has 0 fully saturated rings. The van der Waals surface area contributed by atoms with E-state index in [9.17, 15) is 4.79 Å². The summed E-state index contributed by atoms with van der Waals surface area (Å²) in [5.74, 6) is 0.272. The van der Waals surface area contributed by atoms with E-state index in [-0.39, 0.29) is 11.2 Å². The number of rotatable bonds is 6. The van der Waals surface area contributed by atoms with Crippen molar-refractivity contribution in [2.75, 3.05) is 0 Å². The average Bonchev–Trinajstić information content (AvgIpc) is 3.05. The molecule has 1 atom stereocenters. The standard InChI is InChI=1S/C20H21ClN4OS/c1-4-17(18(22)26)27-20-24-23-19(14-7-5-6-8-15(14)21)25(20)16-11-12(2)9-10-13(16)3/h5-11,17H,4H2,1-3H3,(H2,22,26). The molecule has 0 spiro atoms. The van der Waals surface area contributed by atoms with Crippen LogP contribution in [0.1, 0.15) is 24.5 Å².